The highest BCUT2D eigenvalue weighted by atomic mass is 32.2. The van der Waals surface area contributed by atoms with Gasteiger partial charge in [0.1, 0.15) is 5.75 Å². The molecule has 134 valence electrons. The smallest absolute Gasteiger partial charge is 0.319 e. The second-order valence-corrected chi connectivity index (χ2v) is 5.97. The van der Waals surface area contributed by atoms with Gasteiger partial charge in [0.15, 0.2) is 0 Å². The van der Waals surface area contributed by atoms with Gasteiger partial charge >= 0.3 is 6.03 Å². The van der Waals surface area contributed by atoms with Crippen molar-refractivity contribution in [2.75, 3.05) is 30.0 Å². The van der Waals surface area contributed by atoms with E-state index in [9.17, 15) is 9.59 Å². The van der Waals surface area contributed by atoms with Gasteiger partial charge in [-0.1, -0.05) is 11.8 Å². The maximum absolute atomic E-state index is 11.9. The number of carbonyl (C=O) groups is 2. The summed E-state index contributed by atoms with van der Waals surface area (Å²) in [6.45, 7) is 1.84. The van der Waals surface area contributed by atoms with Gasteiger partial charge in [0, 0.05) is 32.0 Å². The lowest BCUT2D eigenvalue weighted by atomic mass is 10.2. The minimum atomic E-state index is -0.351. The van der Waals surface area contributed by atoms with Crippen molar-refractivity contribution in [2.45, 2.75) is 12.1 Å². The number of benzene rings is 1. The van der Waals surface area contributed by atoms with Crippen LogP contribution in [-0.4, -0.2) is 51.6 Å². The Hall–Kier alpha value is -2.82. The Morgan fingerprint density at radius 3 is 2.76 bits per heavy atom. The molecule has 25 heavy (non-hydrogen) atoms. The van der Waals surface area contributed by atoms with Gasteiger partial charge in [-0.3, -0.25) is 4.79 Å². The molecule has 0 aliphatic carbocycles. The van der Waals surface area contributed by atoms with Gasteiger partial charge in [-0.15, -0.1) is 5.10 Å². The molecular formula is C14H19N7O3S. The quantitative estimate of drug-likeness (QED) is 0.496. The van der Waals surface area contributed by atoms with Crippen molar-refractivity contribution >= 4 is 35.1 Å². The number of nitrogens with zero attached hydrogens (tertiary/aromatic N) is 4. The van der Waals surface area contributed by atoms with E-state index in [-0.39, 0.29) is 11.9 Å². The molecule has 0 aliphatic rings. The molecule has 0 spiro atoms. The van der Waals surface area contributed by atoms with Gasteiger partial charge in [0.05, 0.1) is 12.8 Å². The molecule has 1 heterocycles. The molecule has 0 fully saturated rings. The number of methoxy groups -OCH3 is 1. The van der Waals surface area contributed by atoms with E-state index in [2.05, 4.69) is 31.5 Å². The van der Waals surface area contributed by atoms with Crippen molar-refractivity contribution in [3.05, 3.63) is 18.2 Å². The number of aryl methyl sites for hydroxylation is 1. The van der Waals surface area contributed by atoms with Gasteiger partial charge in [0.2, 0.25) is 11.1 Å². The van der Waals surface area contributed by atoms with E-state index in [0.29, 0.717) is 34.6 Å². The average Bonchev–Trinajstić information content (AvgIpc) is 2.96. The summed E-state index contributed by atoms with van der Waals surface area (Å²) in [5.41, 5.74) is 1.02. The fourth-order valence-electron chi connectivity index (χ4n) is 1.90. The lowest BCUT2D eigenvalue weighted by Crippen LogP contribution is -2.30. The number of ether oxygens (including phenoxy) is 1. The fourth-order valence-corrected chi connectivity index (χ4v) is 2.60. The monoisotopic (exact) mass is 365 g/mol. The average molecular weight is 365 g/mol. The summed E-state index contributed by atoms with van der Waals surface area (Å²) in [7, 11) is 3.25. The Balaban J connectivity index is 1.83. The molecule has 0 radical (unpaired) electrons. The summed E-state index contributed by atoms with van der Waals surface area (Å²) in [5.74, 6) is 0.909. The minimum absolute atomic E-state index is 0.227. The zero-order chi connectivity index (χ0) is 18.2. The van der Waals surface area contributed by atoms with Crippen molar-refractivity contribution in [3.8, 4) is 5.75 Å². The first-order chi connectivity index (χ1) is 12.0. The second-order valence-electron chi connectivity index (χ2n) is 4.91. The van der Waals surface area contributed by atoms with E-state index in [4.69, 9.17) is 4.74 Å². The predicted molar refractivity (Wildman–Crippen MR) is 93.8 cm³/mol. The van der Waals surface area contributed by atoms with Crippen LogP contribution in [0.2, 0.25) is 0 Å². The van der Waals surface area contributed by atoms with Gasteiger partial charge in [-0.25, -0.2) is 9.48 Å². The number of urea groups is 1. The van der Waals surface area contributed by atoms with E-state index >= 15 is 0 Å². The van der Waals surface area contributed by atoms with Crippen molar-refractivity contribution in [1.82, 2.24) is 25.5 Å². The first-order valence-electron chi connectivity index (χ1n) is 7.35. The lowest BCUT2D eigenvalue weighted by Gasteiger charge is -2.12. The van der Waals surface area contributed by atoms with Crippen LogP contribution in [0.3, 0.4) is 0 Å². The zero-order valence-electron chi connectivity index (χ0n) is 14.1. The molecule has 0 aliphatic heterocycles. The van der Waals surface area contributed by atoms with Crippen molar-refractivity contribution in [3.63, 3.8) is 0 Å². The summed E-state index contributed by atoms with van der Waals surface area (Å²) < 4.78 is 6.73. The largest absolute Gasteiger partial charge is 0.495 e. The summed E-state index contributed by atoms with van der Waals surface area (Å²) >= 11 is 1.44. The molecule has 11 heteroatoms. The van der Waals surface area contributed by atoms with E-state index < -0.39 is 0 Å². The topological polar surface area (TPSA) is 123 Å². The van der Waals surface area contributed by atoms with Gasteiger partial charge < -0.3 is 20.7 Å². The number of amides is 3. The molecule has 0 unspecified atom stereocenters. The van der Waals surface area contributed by atoms with Crippen LogP contribution in [0.15, 0.2) is 23.4 Å². The van der Waals surface area contributed by atoms with E-state index in [1.54, 1.807) is 29.9 Å². The summed E-state index contributed by atoms with van der Waals surface area (Å²) in [6.07, 6.45) is 0. The lowest BCUT2D eigenvalue weighted by molar-refractivity contribution is -0.114. The van der Waals surface area contributed by atoms with Crippen LogP contribution < -0.4 is 20.7 Å². The molecule has 0 saturated carbocycles. The third-order valence-corrected chi connectivity index (χ3v) is 3.98. The zero-order valence-corrected chi connectivity index (χ0v) is 14.9. The standard InChI is InChI=1S/C14H19N7O3S/c1-9(22)16-11-8-10(4-5-12(11)24-3)17-13(23)15-6-7-25-14-18-19-20-21(14)2/h4-5,8H,6-7H2,1-3H3,(H,16,22)(H2,15,17,23). The molecule has 3 amide bonds. The molecule has 0 bridgehead atoms. The molecule has 0 atom stereocenters. The second kappa shape index (κ2) is 8.87. The van der Waals surface area contributed by atoms with Crippen molar-refractivity contribution < 1.29 is 14.3 Å². The molecule has 0 saturated heterocycles. The first kappa shape index (κ1) is 18.5. The molecule has 1 aromatic heterocycles. The highest BCUT2D eigenvalue weighted by Gasteiger charge is 2.08. The van der Waals surface area contributed by atoms with Crippen LogP contribution in [0, 0.1) is 0 Å². The SMILES string of the molecule is COc1ccc(NC(=O)NCCSc2nnnn2C)cc1NC(C)=O. The van der Waals surface area contributed by atoms with Crippen LogP contribution in [0.25, 0.3) is 0 Å². The molecule has 10 nitrogen and oxygen atoms in total. The van der Waals surface area contributed by atoms with Crippen LogP contribution in [-0.2, 0) is 11.8 Å². The van der Waals surface area contributed by atoms with Crippen LogP contribution in [0.5, 0.6) is 5.75 Å². The summed E-state index contributed by atoms with van der Waals surface area (Å²) in [6, 6.07) is 4.62. The fraction of sp³-hybridized carbons (Fsp3) is 0.357. The maximum Gasteiger partial charge on any atom is 0.319 e. The Morgan fingerprint density at radius 1 is 1.32 bits per heavy atom. The first-order valence-corrected chi connectivity index (χ1v) is 8.34. The van der Waals surface area contributed by atoms with E-state index in [0.717, 1.165) is 0 Å². The Kier molecular flexibility index (Phi) is 6.57. The van der Waals surface area contributed by atoms with E-state index in [1.165, 1.54) is 25.8 Å². The van der Waals surface area contributed by atoms with Crippen LogP contribution in [0.1, 0.15) is 6.92 Å². The molecular weight excluding hydrogens is 346 g/mol. The summed E-state index contributed by atoms with van der Waals surface area (Å²) in [4.78, 5) is 23.2. The summed E-state index contributed by atoms with van der Waals surface area (Å²) in [5, 5.41) is 19.9. The third-order valence-electron chi connectivity index (χ3n) is 2.97. The number of carbonyl (C=O) groups excluding carboxylic acids is 2. The van der Waals surface area contributed by atoms with E-state index in [1.807, 2.05) is 0 Å². The number of rotatable bonds is 7. The third kappa shape index (κ3) is 5.64. The number of nitrogens with one attached hydrogen (secondary N) is 3. The van der Waals surface area contributed by atoms with Crippen molar-refractivity contribution in [2.24, 2.45) is 7.05 Å². The van der Waals surface area contributed by atoms with Gasteiger partial charge in [-0.2, -0.15) is 0 Å². The molecule has 3 N–H and O–H groups in total. The number of aromatic nitrogens is 4. The normalized spacial score (nSPS) is 10.2. The van der Waals surface area contributed by atoms with Gasteiger partial charge in [0.25, 0.3) is 0 Å². The van der Waals surface area contributed by atoms with Crippen LogP contribution in [0.4, 0.5) is 16.2 Å². The Labute approximate surface area is 148 Å². The number of anilines is 2. The maximum atomic E-state index is 11.9. The highest BCUT2D eigenvalue weighted by molar-refractivity contribution is 7.99. The number of hydrogen-bond donors (Lipinski definition) is 3. The molecule has 1 aromatic carbocycles. The highest BCUT2D eigenvalue weighted by Crippen LogP contribution is 2.27. The molecule has 2 aromatic rings. The van der Waals surface area contributed by atoms with Crippen molar-refractivity contribution in [1.29, 1.82) is 0 Å². The predicted octanol–water partition coefficient (Wildman–Crippen LogP) is 1.09. The Bertz CT molecular complexity index is 750. The number of tetrazole rings is 1. The minimum Gasteiger partial charge on any atom is -0.495 e. The number of thioether (sulfide) groups is 1. The Morgan fingerprint density at radius 2 is 2.12 bits per heavy atom. The number of hydrogen-bond acceptors (Lipinski definition) is 7. The van der Waals surface area contributed by atoms with Crippen LogP contribution >= 0.6 is 11.8 Å². The van der Waals surface area contributed by atoms with Gasteiger partial charge in [-0.05, 0) is 28.6 Å². The molecule has 2 rings (SSSR count).